The van der Waals surface area contributed by atoms with Gasteiger partial charge in [-0.15, -0.1) is 0 Å². The Morgan fingerprint density at radius 1 is 1.47 bits per heavy atom. The highest BCUT2D eigenvalue weighted by Gasteiger charge is 2.33. The van der Waals surface area contributed by atoms with Crippen LogP contribution in [-0.4, -0.2) is 34.7 Å². The first-order valence-corrected chi connectivity index (χ1v) is 6.76. The van der Waals surface area contributed by atoms with Gasteiger partial charge in [0.25, 0.3) is 0 Å². The van der Waals surface area contributed by atoms with Gasteiger partial charge in [0.2, 0.25) is 0 Å². The Bertz CT molecular complexity index is 450. The Labute approximate surface area is 113 Å². The number of carboxylic acid groups (broad SMARTS) is 1. The zero-order chi connectivity index (χ0) is 13.8. The normalized spacial score (nSPS) is 23.7. The van der Waals surface area contributed by atoms with Gasteiger partial charge in [0.05, 0.1) is 6.42 Å². The van der Waals surface area contributed by atoms with Crippen molar-refractivity contribution in [3.05, 3.63) is 35.4 Å². The summed E-state index contributed by atoms with van der Waals surface area (Å²) < 4.78 is 13.5. The van der Waals surface area contributed by atoms with Gasteiger partial charge in [-0.05, 0) is 24.0 Å². The molecule has 0 bridgehead atoms. The molecule has 1 aromatic carbocycles. The van der Waals surface area contributed by atoms with Crippen molar-refractivity contribution in [1.29, 1.82) is 0 Å². The maximum absolute atomic E-state index is 13.5. The Morgan fingerprint density at radius 2 is 2.21 bits per heavy atom. The summed E-state index contributed by atoms with van der Waals surface area (Å²) in [6, 6.07) is 8.02. The first kappa shape index (κ1) is 14.0. The number of halogens is 1. The van der Waals surface area contributed by atoms with Crippen LogP contribution in [0, 0.1) is 0 Å². The second kappa shape index (κ2) is 6.15. The van der Waals surface area contributed by atoms with Crippen molar-refractivity contribution >= 4 is 5.97 Å². The van der Waals surface area contributed by atoms with Crippen LogP contribution < -0.4 is 0 Å². The van der Waals surface area contributed by atoms with E-state index >= 15 is 0 Å². The molecular weight excluding hydrogens is 245 g/mol. The molecule has 1 N–H and O–H groups in total. The van der Waals surface area contributed by atoms with Crippen LogP contribution in [0.3, 0.4) is 0 Å². The standard InChI is InChI=1S/C15H20FNO2/c1-2-11-4-3-5-12(6-11)9-17-10-13(16)7-14(17)8-15(18)19/h3-6,13-14H,2,7-10H2,1H3,(H,18,19)/t13-,14-/m0/s1. The van der Waals surface area contributed by atoms with E-state index in [0.29, 0.717) is 19.5 Å². The SMILES string of the molecule is CCc1cccc(CN2C[C@@H](F)C[C@H]2CC(=O)O)c1. The third kappa shape index (κ3) is 3.77. The monoisotopic (exact) mass is 265 g/mol. The fraction of sp³-hybridized carbons (Fsp3) is 0.533. The molecular formula is C15H20FNO2. The number of hydrogen-bond donors (Lipinski definition) is 1. The number of benzene rings is 1. The van der Waals surface area contributed by atoms with Gasteiger partial charge in [0.1, 0.15) is 6.17 Å². The second-order valence-corrected chi connectivity index (χ2v) is 5.19. The Hall–Kier alpha value is -1.42. The number of hydrogen-bond acceptors (Lipinski definition) is 2. The molecule has 0 radical (unpaired) electrons. The van der Waals surface area contributed by atoms with E-state index < -0.39 is 12.1 Å². The largest absolute Gasteiger partial charge is 0.481 e. The quantitative estimate of drug-likeness (QED) is 0.889. The van der Waals surface area contributed by atoms with E-state index in [2.05, 4.69) is 19.1 Å². The van der Waals surface area contributed by atoms with Gasteiger partial charge in [-0.2, -0.15) is 0 Å². The second-order valence-electron chi connectivity index (χ2n) is 5.19. The van der Waals surface area contributed by atoms with Crippen molar-refractivity contribution in [3.8, 4) is 0 Å². The third-order valence-corrected chi connectivity index (χ3v) is 3.67. The number of carboxylic acids is 1. The number of rotatable bonds is 5. The highest BCUT2D eigenvalue weighted by atomic mass is 19.1. The van der Waals surface area contributed by atoms with Crippen LogP contribution in [0.15, 0.2) is 24.3 Å². The number of carbonyl (C=O) groups is 1. The summed E-state index contributed by atoms with van der Waals surface area (Å²) in [6.45, 7) is 3.07. The van der Waals surface area contributed by atoms with E-state index in [1.165, 1.54) is 5.56 Å². The molecule has 0 unspecified atom stereocenters. The van der Waals surface area contributed by atoms with E-state index in [1.54, 1.807) is 0 Å². The van der Waals surface area contributed by atoms with Gasteiger partial charge in [-0.1, -0.05) is 31.2 Å². The summed E-state index contributed by atoms with van der Waals surface area (Å²) in [5, 5.41) is 8.88. The number of likely N-dealkylation sites (tertiary alicyclic amines) is 1. The number of nitrogens with zero attached hydrogens (tertiary/aromatic N) is 1. The average molecular weight is 265 g/mol. The Kier molecular flexibility index (Phi) is 4.53. The van der Waals surface area contributed by atoms with E-state index in [-0.39, 0.29) is 12.5 Å². The highest BCUT2D eigenvalue weighted by molar-refractivity contribution is 5.67. The van der Waals surface area contributed by atoms with Crippen molar-refractivity contribution in [1.82, 2.24) is 4.90 Å². The van der Waals surface area contributed by atoms with E-state index in [4.69, 9.17) is 5.11 Å². The van der Waals surface area contributed by atoms with Gasteiger partial charge in [-0.25, -0.2) is 4.39 Å². The minimum absolute atomic E-state index is 0.0217. The zero-order valence-corrected chi connectivity index (χ0v) is 11.2. The van der Waals surface area contributed by atoms with E-state index in [9.17, 15) is 9.18 Å². The van der Waals surface area contributed by atoms with Crippen LogP contribution in [0.5, 0.6) is 0 Å². The lowest BCUT2D eigenvalue weighted by Gasteiger charge is -2.22. The van der Waals surface area contributed by atoms with Crippen molar-refractivity contribution in [2.75, 3.05) is 6.54 Å². The van der Waals surface area contributed by atoms with Crippen molar-refractivity contribution in [2.24, 2.45) is 0 Å². The molecule has 1 aromatic rings. The summed E-state index contributed by atoms with van der Waals surface area (Å²) in [5.74, 6) is -0.855. The lowest BCUT2D eigenvalue weighted by molar-refractivity contribution is -0.138. The number of aliphatic carboxylic acids is 1. The molecule has 0 aliphatic carbocycles. The van der Waals surface area contributed by atoms with Crippen LogP contribution in [0.1, 0.15) is 30.9 Å². The Balaban J connectivity index is 2.05. The van der Waals surface area contributed by atoms with Crippen molar-refractivity contribution < 1.29 is 14.3 Å². The van der Waals surface area contributed by atoms with Crippen LogP contribution in [-0.2, 0) is 17.8 Å². The summed E-state index contributed by atoms with van der Waals surface area (Å²) in [7, 11) is 0. The van der Waals surface area contributed by atoms with Crippen LogP contribution in [0.25, 0.3) is 0 Å². The first-order chi connectivity index (χ1) is 9.08. The molecule has 104 valence electrons. The van der Waals surface area contributed by atoms with E-state index in [1.807, 2.05) is 17.0 Å². The lowest BCUT2D eigenvalue weighted by atomic mass is 10.1. The van der Waals surface area contributed by atoms with Gasteiger partial charge < -0.3 is 5.11 Å². The van der Waals surface area contributed by atoms with Crippen LogP contribution >= 0.6 is 0 Å². The maximum Gasteiger partial charge on any atom is 0.304 e. The fourth-order valence-corrected chi connectivity index (χ4v) is 2.71. The molecule has 0 aromatic heterocycles. The van der Waals surface area contributed by atoms with E-state index in [0.717, 1.165) is 12.0 Å². The molecule has 1 aliphatic rings. The molecule has 0 amide bonds. The molecule has 1 heterocycles. The molecule has 0 spiro atoms. The van der Waals surface area contributed by atoms with Crippen molar-refractivity contribution in [3.63, 3.8) is 0 Å². The number of alkyl halides is 1. The summed E-state index contributed by atoms with van der Waals surface area (Å²) in [6.07, 6.45) is 0.421. The molecule has 2 atom stereocenters. The highest BCUT2D eigenvalue weighted by Crippen LogP contribution is 2.25. The smallest absolute Gasteiger partial charge is 0.304 e. The average Bonchev–Trinajstić information content (AvgIpc) is 2.69. The minimum atomic E-state index is -0.904. The van der Waals surface area contributed by atoms with Gasteiger partial charge in [0, 0.05) is 19.1 Å². The predicted octanol–water partition coefficient (Wildman–Crippen LogP) is 2.64. The predicted molar refractivity (Wildman–Crippen MR) is 71.8 cm³/mol. The van der Waals surface area contributed by atoms with Crippen LogP contribution in [0.2, 0.25) is 0 Å². The molecule has 1 aliphatic heterocycles. The molecule has 1 fully saturated rings. The molecule has 19 heavy (non-hydrogen) atoms. The fourth-order valence-electron chi connectivity index (χ4n) is 2.71. The number of aryl methyl sites for hydroxylation is 1. The molecule has 0 saturated carbocycles. The van der Waals surface area contributed by atoms with Gasteiger partial charge in [0.15, 0.2) is 0 Å². The maximum atomic E-state index is 13.5. The van der Waals surface area contributed by atoms with Gasteiger partial charge >= 0.3 is 5.97 Å². The van der Waals surface area contributed by atoms with Crippen LogP contribution in [0.4, 0.5) is 4.39 Å². The third-order valence-electron chi connectivity index (χ3n) is 3.67. The molecule has 1 saturated heterocycles. The Morgan fingerprint density at radius 3 is 2.89 bits per heavy atom. The topological polar surface area (TPSA) is 40.5 Å². The zero-order valence-electron chi connectivity index (χ0n) is 11.2. The minimum Gasteiger partial charge on any atom is -0.481 e. The molecule has 4 heteroatoms. The first-order valence-electron chi connectivity index (χ1n) is 6.76. The summed E-state index contributed by atoms with van der Waals surface area (Å²) in [5.41, 5.74) is 2.38. The summed E-state index contributed by atoms with van der Waals surface area (Å²) in [4.78, 5) is 12.8. The summed E-state index contributed by atoms with van der Waals surface area (Å²) >= 11 is 0. The van der Waals surface area contributed by atoms with Gasteiger partial charge in [-0.3, -0.25) is 9.69 Å². The molecule has 3 nitrogen and oxygen atoms in total. The molecule has 2 rings (SSSR count). The lowest BCUT2D eigenvalue weighted by Crippen LogP contribution is -2.31. The van der Waals surface area contributed by atoms with Crippen molar-refractivity contribution in [2.45, 2.75) is 44.9 Å².